The van der Waals surface area contributed by atoms with Crippen molar-refractivity contribution in [3.8, 4) is 0 Å². The zero-order valence-corrected chi connectivity index (χ0v) is 12.7. The van der Waals surface area contributed by atoms with E-state index in [-0.39, 0.29) is 23.0 Å². The van der Waals surface area contributed by atoms with Gasteiger partial charge in [-0.05, 0) is 50.2 Å². The van der Waals surface area contributed by atoms with E-state index in [0.717, 1.165) is 0 Å². The van der Waals surface area contributed by atoms with Crippen molar-refractivity contribution in [1.29, 1.82) is 0 Å². The van der Waals surface area contributed by atoms with Crippen molar-refractivity contribution in [2.45, 2.75) is 36.9 Å². The van der Waals surface area contributed by atoms with Gasteiger partial charge in [0.05, 0.1) is 5.56 Å². The van der Waals surface area contributed by atoms with Gasteiger partial charge in [0.15, 0.2) is 5.16 Å². The molecule has 8 heteroatoms. The normalized spacial score (nSPS) is 11.0. The second kappa shape index (κ2) is 5.65. The minimum atomic E-state index is -1.08. The van der Waals surface area contributed by atoms with Crippen LogP contribution in [0.1, 0.15) is 35.8 Å². The maximum absolute atomic E-state index is 11.7. The van der Waals surface area contributed by atoms with Crippen LogP contribution in [0.15, 0.2) is 27.0 Å². The Morgan fingerprint density at radius 1 is 1.48 bits per heavy atom. The van der Waals surface area contributed by atoms with Crippen molar-refractivity contribution in [3.05, 3.63) is 33.7 Å². The molecule has 2 rings (SSSR count). The van der Waals surface area contributed by atoms with Gasteiger partial charge in [0, 0.05) is 16.6 Å². The van der Waals surface area contributed by atoms with Crippen molar-refractivity contribution in [3.63, 3.8) is 0 Å². The molecule has 1 aromatic heterocycles. The van der Waals surface area contributed by atoms with Crippen molar-refractivity contribution in [2.75, 3.05) is 5.73 Å². The SMILES string of the molecule is Cc1cc(Sc2n[nH]c(=O)n2C(C)C)cc(C(=O)O)c1N. The van der Waals surface area contributed by atoms with Crippen LogP contribution < -0.4 is 11.4 Å². The van der Waals surface area contributed by atoms with Crippen LogP contribution in [0.4, 0.5) is 5.69 Å². The van der Waals surface area contributed by atoms with Crippen LogP contribution in [0, 0.1) is 6.92 Å². The number of rotatable bonds is 4. The Bertz CT molecular complexity index is 748. The first-order chi connectivity index (χ1) is 9.81. The summed E-state index contributed by atoms with van der Waals surface area (Å²) in [5.74, 6) is -1.08. The number of carboxylic acids is 1. The molecule has 0 radical (unpaired) electrons. The summed E-state index contributed by atoms with van der Waals surface area (Å²) < 4.78 is 1.51. The number of hydrogen-bond acceptors (Lipinski definition) is 5. The molecule has 0 aliphatic rings. The lowest BCUT2D eigenvalue weighted by molar-refractivity contribution is 0.0697. The third kappa shape index (κ3) is 2.94. The molecule has 1 aromatic carbocycles. The molecule has 0 saturated heterocycles. The fourth-order valence-electron chi connectivity index (χ4n) is 1.92. The van der Waals surface area contributed by atoms with E-state index < -0.39 is 5.97 Å². The minimum Gasteiger partial charge on any atom is -0.478 e. The summed E-state index contributed by atoms with van der Waals surface area (Å²) >= 11 is 1.22. The molecule has 7 nitrogen and oxygen atoms in total. The number of nitrogens with one attached hydrogen (secondary N) is 1. The zero-order chi connectivity index (χ0) is 15.7. The zero-order valence-electron chi connectivity index (χ0n) is 11.9. The number of aromatic carboxylic acids is 1. The number of carbonyl (C=O) groups is 1. The largest absolute Gasteiger partial charge is 0.478 e. The van der Waals surface area contributed by atoms with E-state index in [1.807, 2.05) is 13.8 Å². The Balaban J connectivity index is 2.46. The molecule has 1 heterocycles. The van der Waals surface area contributed by atoms with Gasteiger partial charge in [0.1, 0.15) is 0 Å². The first-order valence-corrected chi connectivity index (χ1v) is 7.11. The maximum atomic E-state index is 11.7. The van der Waals surface area contributed by atoms with Crippen LogP contribution in [0.3, 0.4) is 0 Å². The Morgan fingerprint density at radius 3 is 2.71 bits per heavy atom. The van der Waals surface area contributed by atoms with Crippen LogP contribution in [-0.2, 0) is 0 Å². The van der Waals surface area contributed by atoms with E-state index in [9.17, 15) is 9.59 Å². The van der Waals surface area contributed by atoms with Gasteiger partial charge in [-0.25, -0.2) is 14.7 Å². The molecule has 0 amide bonds. The van der Waals surface area contributed by atoms with Gasteiger partial charge in [0.25, 0.3) is 0 Å². The highest BCUT2D eigenvalue weighted by atomic mass is 32.2. The molecule has 0 aliphatic carbocycles. The van der Waals surface area contributed by atoms with E-state index in [1.54, 1.807) is 13.0 Å². The number of aromatic amines is 1. The summed E-state index contributed by atoms with van der Waals surface area (Å²) in [6, 6.07) is 3.21. The monoisotopic (exact) mass is 308 g/mol. The Hall–Kier alpha value is -2.22. The highest BCUT2D eigenvalue weighted by molar-refractivity contribution is 7.99. The van der Waals surface area contributed by atoms with E-state index in [0.29, 0.717) is 15.6 Å². The lowest BCUT2D eigenvalue weighted by atomic mass is 10.1. The van der Waals surface area contributed by atoms with Crippen LogP contribution in [0.2, 0.25) is 0 Å². The van der Waals surface area contributed by atoms with E-state index >= 15 is 0 Å². The number of nitrogens with zero attached hydrogens (tertiary/aromatic N) is 2. The van der Waals surface area contributed by atoms with E-state index in [1.165, 1.54) is 22.4 Å². The number of benzene rings is 1. The van der Waals surface area contributed by atoms with Gasteiger partial charge in [0.2, 0.25) is 0 Å². The van der Waals surface area contributed by atoms with Crippen LogP contribution in [0.5, 0.6) is 0 Å². The van der Waals surface area contributed by atoms with Crippen molar-refractivity contribution < 1.29 is 9.90 Å². The quantitative estimate of drug-likeness (QED) is 0.743. The third-order valence-corrected chi connectivity index (χ3v) is 3.93. The molecule has 0 bridgehead atoms. The number of anilines is 1. The topological polar surface area (TPSA) is 114 Å². The molecule has 2 aromatic rings. The Morgan fingerprint density at radius 2 is 2.14 bits per heavy atom. The number of H-pyrrole nitrogens is 1. The predicted octanol–water partition coefficient (Wildman–Crippen LogP) is 1.89. The fraction of sp³-hybridized carbons (Fsp3) is 0.308. The standard InChI is InChI=1S/C13H16N4O3S/c1-6(2)17-12(20)15-16-13(17)21-8-4-7(3)10(14)9(5-8)11(18)19/h4-6H,14H2,1-3H3,(H,15,20)(H,18,19). The van der Waals surface area contributed by atoms with Crippen molar-refractivity contribution >= 4 is 23.4 Å². The average molecular weight is 308 g/mol. The van der Waals surface area contributed by atoms with Gasteiger partial charge in [-0.3, -0.25) is 4.57 Å². The fourth-order valence-corrected chi connectivity index (χ4v) is 3.03. The minimum absolute atomic E-state index is 0.0477. The van der Waals surface area contributed by atoms with Gasteiger partial charge >= 0.3 is 11.7 Å². The summed E-state index contributed by atoms with van der Waals surface area (Å²) in [5.41, 5.74) is 6.43. The molecule has 0 unspecified atom stereocenters. The molecule has 0 aliphatic heterocycles. The lowest BCUT2D eigenvalue weighted by Gasteiger charge is -2.11. The van der Waals surface area contributed by atoms with Crippen molar-refractivity contribution in [2.24, 2.45) is 0 Å². The number of hydrogen-bond donors (Lipinski definition) is 3. The summed E-state index contributed by atoms with van der Waals surface area (Å²) in [5, 5.41) is 16.0. The van der Waals surface area contributed by atoms with Crippen LogP contribution in [-0.4, -0.2) is 25.8 Å². The number of nitrogens with two attached hydrogens (primary N) is 1. The number of aryl methyl sites for hydroxylation is 1. The van der Waals surface area contributed by atoms with Crippen LogP contribution in [0.25, 0.3) is 0 Å². The molecule has 4 N–H and O–H groups in total. The second-order valence-electron chi connectivity index (χ2n) is 4.88. The third-order valence-electron chi connectivity index (χ3n) is 2.99. The Labute approximate surface area is 125 Å². The van der Waals surface area contributed by atoms with Gasteiger partial charge in [-0.2, -0.15) is 0 Å². The second-order valence-corrected chi connectivity index (χ2v) is 5.92. The smallest absolute Gasteiger partial charge is 0.344 e. The highest BCUT2D eigenvalue weighted by Gasteiger charge is 2.16. The first-order valence-electron chi connectivity index (χ1n) is 6.29. The molecule has 0 spiro atoms. The highest BCUT2D eigenvalue weighted by Crippen LogP contribution is 2.31. The van der Waals surface area contributed by atoms with Gasteiger partial charge in [-0.15, -0.1) is 5.10 Å². The van der Waals surface area contributed by atoms with Gasteiger partial charge < -0.3 is 10.8 Å². The van der Waals surface area contributed by atoms with E-state index in [2.05, 4.69) is 10.2 Å². The molecule has 21 heavy (non-hydrogen) atoms. The average Bonchev–Trinajstić information content (AvgIpc) is 2.74. The summed E-state index contributed by atoms with van der Waals surface area (Å²) in [7, 11) is 0. The summed E-state index contributed by atoms with van der Waals surface area (Å²) in [6.07, 6.45) is 0. The molecule has 112 valence electrons. The number of carboxylic acid groups (broad SMARTS) is 1. The molecule has 0 atom stereocenters. The van der Waals surface area contributed by atoms with Crippen molar-refractivity contribution in [1.82, 2.24) is 14.8 Å². The van der Waals surface area contributed by atoms with Gasteiger partial charge in [-0.1, -0.05) is 0 Å². The van der Waals surface area contributed by atoms with E-state index in [4.69, 9.17) is 10.8 Å². The first kappa shape index (κ1) is 15.2. The maximum Gasteiger partial charge on any atom is 0.344 e. The molecule has 0 saturated carbocycles. The number of nitrogen functional groups attached to an aromatic ring is 1. The molecular formula is C13H16N4O3S. The predicted molar refractivity (Wildman–Crippen MR) is 79.9 cm³/mol. The molecular weight excluding hydrogens is 292 g/mol. The summed E-state index contributed by atoms with van der Waals surface area (Å²) in [6.45, 7) is 5.49. The molecule has 0 fully saturated rings. The lowest BCUT2D eigenvalue weighted by Crippen LogP contribution is -2.19. The Kier molecular flexibility index (Phi) is 4.08. The number of aromatic nitrogens is 3. The van der Waals surface area contributed by atoms with Crippen LogP contribution >= 0.6 is 11.8 Å². The summed E-state index contributed by atoms with van der Waals surface area (Å²) in [4.78, 5) is 23.5.